The summed E-state index contributed by atoms with van der Waals surface area (Å²) >= 11 is 0. The van der Waals surface area contributed by atoms with E-state index in [0.29, 0.717) is 25.8 Å². The summed E-state index contributed by atoms with van der Waals surface area (Å²) in [5.41, 5.74) is 22.0. The molecule has 252 valence electrons. The largest absolute Gasteiger partial charge is 0.368 e. The standard InChI is InChI=1S/C27H48N12O6/c1-18(35(5)23(41)13-10-9-11-14-31-33-29)24(42)36(6)19(2)25(43)37(7)20(3)26(44)38(8)21(4)27(45)39(17-22(28)40)16-12-15-32-34-30/h18-21H,9-17H2,1-8H3,(H2,28,40)/t18-,19-,20-,21-/m0/s1. The average molecular weight is 637 g/mol. The molecule has 0 bridgehead atoms. The maximum absolute atomic E-state index is 13.3. The molecule has 0 radical (unpaired) electrons. The normalized spacial score (nSPS) is 13.1. The molecule has 0 aromatic heterocycles. The summed E-state index contributed by atoms with van der Waals surface area (Å²) in [5.74, 6) is -3.09. The van der Waals surface area contributed by atoms with Crippen molar-refractivity contribution in [2.24, 2.45) is 16.0 Å². The van der Waals surface area contributed by atoms with Crippen LogP contribution in [0.3, 0.4) is 0 Å². The minimum absolute atomic E-state index is 0.0804. The Morgan fingerprint density at radius 2 is 1.02 bits per heavy atom. The molecule has 2 N–H and O–H groups in total. The van der Waals surface area contributed by atoms with Gasteiger partial charge >= 0.3 is 0 Å². The molecule has 0 aromatic rings. The van der Waals surface area contributed by atoms with Crippen LogP contribution in [-0.4, -0.2) is 138 Å². The van der Waals surface area contributed by atoms with E-state index in [9.17, 15) is 28.8 Å². The molecule has 0 saturated carbocycles. The fraction of sp³-hybridized carbons (Fsp3) is 0.778. The second-order valence-corrected chi connectivity index (χ2v) is 10.9. The van der Waals surface area contributed by atoms with Gasteiger partial charge in [0.2, 0.25) is 35.4 Å². The Hall–Kier alpha value is -4.56. The van der Waals surface area contributed by atoms with Crippen molar-refractivity contribution < 1.29 is 28.8 Å². The first-order valence-corrected chi connectivity index (χ1v) is 14.7. The predicted octanol–water partition coefficient (Wildman–Crippen LogP) is 1.26. The van der Waals surface area contributed by atoms with Crippen LogP contribution in [0, 0.1) is 0 Å². The zero-order valence-corrected chi connectivity index (χ0v) is 27.6. The van der Waals surface area contributed by atoms with Crippen LogP contribution in [0.2, 0.25) is 0 Å². The second kappa shape index (κ2) is 20.4. The van der Waals surface area contributed by atoms with Crippen molar-refractivity contribution in [1.82, 2.24) is 24.5 Å². The van der Waals surface area contributed by atoms with Gasteiger partial charge in [-0.25, -0.2) is 0 Å². The highest BCUT2D eigenvalue weighted by Crippen LogP contribution is 2.13. The molecule has 0 rings (SSSR count). The first-order valence-electron chi connectivity index (χ1n) is 14.7. The van der Waals surface area contributed by atoms with Crippen molar-refractivity contribution in [3.63, 3.8) is 0 Å². The van der Waals surface area contributed by atoms with Gasteiger partial charge in [-0.15, -0.1) is 0 Å². The van der Waals surface area contributed by atoms with Crippen molar-refractivity contribution in [3.05, 3.63) is 20.9 Å². The summed E-state index contributed by atoms with van der Waals surface area (Å²) in [6.45, 7) is 6.21. The van der Waals surface area contributed by atoms with Crippen LogP contribution in [0.25, 0.3) is 20.9 Å². The Bertz CT molecular complexity index is 1150. The van der Waals surface area contributed by atoms with Gasteiger partial charge in [-0.05, 0) is 58.0 Å². The van der Waals surface area contributed by atoms with Gasteiger partial charge in [-0.2, -0.15) is 0 Å². The van der Waals surface area contributed by atoms with Gasteiger partial charge < -0.3 is 30.2 Å². The maximum atomic E-state index is 13.3. The van der Waals surface area contributed by atoms with Crippen LogP contribution in [0.5, 0.6) is 0 Å². The molecular weight excluding hydrogens is 588 g/mol. The van der Waals surface area contributed by atoms with Crippen LogP contribution >= 0.6 is 0 Å². The highest BCUT2D eigenvalue weighted by molar-refractivity contribution is 5.95. The van der Waals surface area contributed by atoms with Gasteiger partial charge in [0.1, 0.15) is 24.2 Å². The van der Waals surface area contributed by atoms with Crippen molar-refractivity contribution in [1.29, 1.82) is 0 Å². The molecule has 0 aromatic carbocycles. The number of amides is 6. The summed E-state index contributed by atoms with van der Waals surface area (Å²) in [4.78, 5) is 88.5. The Morgan fingerprint density at radius 3 is 1.44 bits per heavy atom. The third kappa shape index (κ3) is 12.9. The fourth-order valence-electron chi connectivity index (χ4n) is 4.29. The van der Waals surface area contributed by atoms with E-state index in [0.717, 1.165) is 4.90 Å². The molecule has 18 heteroatoms. The molecule has 45 heavy (non-hydrogen) atoms. The number of carbonyl (C=O) groups excluding carboxylic acids is 6. The molecule has 0 aliphatic carbocycles. The SMILES string of the molecule is C[C@@H](C(=O)N(C)[C@@H](C)C(=O)N(C)[C@@H](C)C(=O)N(C)[C@@H](C)C(=O)N(CCCN=[N+]=[N-])CC(N)=O)N(C)C(=O)CCCCCN=[N+]=[N-]. The zero-order chi connectivity index (χ0) is 34.9. The number of hydrogen-bond donors (Lipinski definition) is 1. The highest BCUT2D eigenvalue weighted by atomic mass is 16.2. The summed E-state index contributed by atoms with van der Waals surface area (Å²) in [5, 5.41) is 6.86. The number of azide groups is 2. The topological polar surface area (TPSA) is 242 Å². The number of unbranched alkanes of at least 4 members (excludes halogenated alkanes) is 2. The van der Waals surface area contributed by atoms with E-state index in [2.05, 4.69) is 20.1 Å². The minimum Gasteiger partial charge on any atom is -0.368 e. The molecule has 6 amide bonds. The zero-order valence-electron chi connectivity index (χ0n) is 27.6. The van der Waals surface area contributed by atoms with Crippen LogP contribution in [0.4, 0.5) is 0 Å². The van der Waals surface area contributed by atoms with Gasteiger partial charge in [0.15, 0.2) is 0 Å². The Kier molecular flexibility index (Phi) is 18.3. The first kappa shape index (κ1) is 40.4. The number of rotatable bonds is 20. The molecule has 4 atom stereocenters. The van der Waals surface area contributed by atoms with E-state index in [1.807, 2.05) is 0 Å². The lowest BCUT2D eigenvalue weighted by Gasteiger charge is -2.36. The number of nitrogens with zero attached hydrogens (tertiary/aromatic N) is 11. The quantitative estimate of drug-likeness (QED) is 0.0891. The number of nitrogens with two attached hydrogens (primary N) is 1. The monoisotopic (exact) mass is 636 g/mol. The molecule has 0 fully saturated rings. The third-order valence-electron chi connectivity index (χ3n) is 7.81. The number of hydrogen-bond acceptors (Lipinski definition) is 8. The molecule has 0 aliphatic rings. The lowest BCUT2D eigenvalue weighted by molar-refractivity contribution is -0.153. The maximum Gasteiger partial charge on any atom is 0.245 e. The predicted molar refractivity (Wildman–Crippen MR) is 166 cm³/mol. The summed E-state index contributed by atoms with van der Waals surface area (Å²) in [6.07, 6.45) is 2.43. The third-order valence-corrected chi connectivity index (χ3v) is 7.81. The molecular formula is C27H48N12O6. The van der Waals surface area contributed by atoms with Crippen molar-refractivity contribution >= 4 is 35.4 Å². The van der Waals surface area contributed by atoms with Crippen molar-refractivity contribution in [3.8, 4) is 0 Å². The smallest absolute Gasteiger partial charge is 0.245 e. The number of carbonyl (C=O) groups is 6. The second-order valence-electron chi connectivity index (χ2n) is 10.9. The van der Waals surface area contributed by atoms with Gasteiger partial charge in [0, 0.05) is 64.1 Å². The number of likely N-dealkylation sites (N-methyl/N-ethyl adjacent to an activating group) is 4. The van der Waals surface area contributed by atoms with Crippen molar-refractivity contribution in [2.75, 3.05) is 54.4 Å². The van der Waals surface area contributed by atoms with Gasteiger partial charge in [0.25, 0.3) is 0 Å². The van der Waals surface area contributed by atoms with E-state index in [-0.39, 0.29) is 38.4 Å². The van der Waals surface area contributed by atoms with Crippen molar-refractivity contribution in [2.45, 2.75) is 84.0 Å². The van der Waals surface area contributed by atoms with Gasteiger partial charge in [0.05, 0.1) is 6.54 Å². The van der Waals surface area contributed by atoms with E-state index in [1.165, 1.54) is 68.6 Å². The first-order chi connectivity index (χ1) is 21.0. The minimum atomic E-state index is -1.02. The number of primary amides is 1. The molecule has 0 spiro atoms. The fourth-order valence-corrected chi connectivity index (χ4v) is 4.29. The van der Waals surface area contributed by atoms with Crippen LogP contribution in [0.15, 0.2) is 10.2 Å². The lowest BCUT2D eigenvalue weighted by Crippen LogP contribution is -2.57. The van der Waals surface area contributed by atoms with Crippen LogP contribution in [0.1, 0.15) is 59.8 Å². The molecule has 0 heterocycles. The summed E-state index contributed by atoms with van der Waals surface area (Å²) in [6, 6.07) is -3.85. The average Bonchev–Trinajstić information content (AvgIpc) is 3.02. The van der Waals surface area contributed by atoms with Gasteiger partial charge in [-0.3, -0.25) is 28.8 Å². The Labute approximate surface area is 264 Å². The van der Waals surface area contributed by atoms with E-state index >= 15 is 0 Å². The Morgan fingerprint density at radius 1 is 0.622 bits per heavy atom. The summed E-state index contributed by atoms with van der Waals surface area (Å²) < 4.78 is 0. The highest BCUT2D eigenvalue weighted by Gasteiger charge is 2.36. The molecule has 0 unspecified atom stereocenters. The van der Waals surface area contributed by atoms with Crippen LogP contribution < -0.4 is 5.73 Å². The van der Waals surface area contributed by atoms with E-state index in [1.54, 1.807) is 6.92 Å². The van der Waals surface area contributed by atoms with E-state index < -0.39 is 53.7 Å². The molecule has 0 saturated heterocycles. The van der Waals surface area contributed by atoms with Gasteiger partial charge in [-0.1, -0.05) is 16.6 Å². The van der Waals surface area contributed by atoms with E-state index in [4.69, 9.17) is 16.8 Å². The molecule has 0 aliphatic heterocycles. The molecule has 18 nitrogen and oxygen atoms in total. The Balaban J connectivity index is 5.34. The summed E-state index contributed by atoms with van der Waals surface area (Å²) in [7, 11) is 5.77. The lowest BCUT2D eigenvalue weighted by atomic mass is 10.1. The van der Waals surface area contributed by atoms with Crippen LogP contribution in [-0.2, 0) is 28.8 Å².